The second-order valence-corrected chi connectivity index (χ2v) is 0.100. The molecule has 0 saturated carbocycles. The van der Waals surface area contributed by atoms with Crippen LogP contribution in [0.5, 0.6) is 0 Å². The Hall–Kier alpha value is -0.541. The third kappa shape index (κ3) is 1.05. The summed E-state index contributed by atoms with van der Waals surface area (Å²) in [6.45, 7) is 0. The van der Waals surface area contributed by atoms with Gasteiger partial charge in [0.25, 0.3) is 6.26 Å². The molecule has 0 aromatic carbocycles. The Morgan fingerprint density at radius 2 is 2.00 bits per heavy atom. The van der Waals surface area contributed by atoms with Crippen LogP contribution in [0.2, 0.25) is 0 Å². The van der Waals surface area contributed by atoms with Gasteiger partial charge >= 0.3 is 10.1 Å². The van der Waals surface area contributed by atoms with Crippen LogP contribution < -0.4 is 0 Å². The third-order valence-electron chi connectivity index (χ3n) is 0. The topological polar surface area (TPSA) is 44.0 Å². The molecular formula is CH3BeNO. The predicted octanol–water partition coefficient (Wildman–Crippen LogP) is -0.316. The minimum atomic E-state index is 0. The first-order chi connectivity index (χ1) is 1.41. The van der Waals surface area contributed by atoms with Crippen LogP contribution in [0, 0.1) is 11.5 Å². The van der Waals surface area contributed by atoms with Crippen LogP contribution in [0.1, 0.15) is 2.85 Å². The summed E-state index contributed by atoms with van der Waals surface area (Å²) in [7, 11) is 0. The summed E-state index contributed by atoms with van der Waals surface area (Å²) in [4.78, 5) is 0. The van der Waals surface area contributed by atoms with Crippen molar-refractivity contribution in [2.24, 2.45) is 0 Å². The molecule has 0 unspecified atom stereocenters. The number of hydrogen-bond acceptors (Lipinski definition) is 2. The Bertz CT molecular complexity index is 35.0. The summed E-state index contributed by atoms with van der Waals surface area (Å²) in [5, 5.41) is 13.8. The average Bonchev–Trinajstić information content (AvgIpc) is 0.918. The van der Waals surface area contributed by atoms with E-state index in [0.29, 0.717) is 0 Å². The second kappa shape index (κ2) is 24.9. The van der Waals surface area contributed by atoms with Crippen molar-refractivity contribution in [3.63, 3.8) is 0 Å². The fraction of sp³-hybridized carbons (Fsp3) is 0. The molecule has 0 amide bonds. The van der Waals surface area contributed by atoms with Crippen LogP contribution in [-0.2, 0) is 0 Å². The van der Waals surface area contributed by atoms with Gasteiger partial charge in [-0.3, -0.25) is 0 Å². The van der Waals surface area contributed by atoms with Gasteiger partial charge in [-0.2, -0.15) is 5.26 Å². The molecule has 0 atom stereocenters. The Kier molecular flexibility index (Phi) is 61.1. The number of nitriles is 1. The van der Waals surface area contributed by atoms with Crippen molar-refractivity contribution in [1.29, 1.82) is 5.26 Å². The molecular weight excluding hydrogens is 51.0 g/mol. The Labute approximate surface area is 30.9 Å². The van der Waals surface area contributed by atoms with E-state index in [-0.39, 0.29) is 13.0 Å². The molecule has 0 aliphatic rings. The van der Waals surface area contributed by atoms with E-state index in [1.165, 1.54) is 0 Å². The molecule has 0 aromatic rings. The van der Waals surface area contributed by atoms with Gasteiger partial charge in [-0.25, -0.2) is 0 Å². The van der Waals surface area contributed by atoms with Gasteiger partial charge in [0.2, 0.25) is 0 Å². The maximum Gasteiger partial charge on any atom is 2.00 e. The standard InChI is InChI=1S/CHNO.Be.2H/c2-1-3;;;/h3H;;;/q;+2;2*-1. The van der Waals surface area contributed by atoms with Crippen LogP contribution in [0.4, 0.5) is 0 Å². The number of aliphatic hydroxyl groups excluding tert-OH is 1. The van der Waals surface area contributed by atoms with Gasteiger partial charge in [0.15, 0.2) is 0 Å². The van der Waals surface area contributed by atoms with Crippen molar-refractivity contribution < 1.29 is 7.96 Å². The largest absolute Gasteiger partial charge is 2.00 e. The first-order valence-corrected chi connectivity index (χ1v) is 0.447. The Morgan fingerprint density at radius 1 is 2.00 bits per heavy atom. The van der Waals surface area contributed by atoms with Gasteiger partial charge in [0.05, 0.1) is 0 Å². The molecule has 20 valence electrons. The summed E-state index contributed by atoms with van der Waals surface area (Å²) in [5.74, 6) is 0. The van der Waals surface area contributed by atoms with E-state index in [0.717, 1.165) is 6.26 Å². The van der Waals surface area contributed by atoms with Crippen molar-refractivity contribution in [3.05, 3.63) is 0 Å². The van der Waals surface area contributed by atoms with E-state index < -0.39 is 0 Å². The van der Waals surface area contributed by atoms with E-state index in [4.69, 9.17) is 10.4 Å². The van der Waals surface area contributed by atoms with Gasteiger partial charge in [-0.15, -0.1) is 0 Å². The average molecular weight is 54.1 g/mol. The molecule has 1 N–H and O–H groups in total. The van der Waals surface area contributed by atoms with Crippen molar-refractivity contribution >= 4 is 10.1 Å². The van der Waals surface area contributed by atoms with Crippen LogP contribution in [0.25, 0.3) is 0 Å². The van der Waals surface area contributed by atoms with Crippen LogP contribution in [0.3, 0.4) is 0 Å². The molecule has 0 aliphatic heterocycles. The van der Waals surface area contributed by atoms with Crippen molar-refractivity contribution in [2.45, 2.75) is 0 Å². The molecule has 4 heavy (non-hydrogen) atoms. The Balaban J connectivity index is -0.00000000667. The molecule has 0 heterocycles. The van der Waals surface area contributed by atoms with Crippen LogP contribution in [0.15, 0.2) is 0 Å². The molecule has 0 fully saturated rings. The summed E-state index contributed by atoms with van der Waals surface area (Å²) in [6, 6.07) is 0. The fourth-order valence-electron chi connectivity index (χ4n) is 0. The van der Waals surface area contributed by atoms with Gasteiger partial charge < -0.3 is 7.96 Å². The van der Waals surface area contributed by atoms with E-state index in [2.05, 4.69) is 0 Å². The van der Waals surface area contributed by atoms with E-state index in [9.17, 15) is 0 Å². The van der Waals surface area contributed by atoms with Crippen molar-refractivity contribution in [3.8, 4) is 6.26 Å². The molecule has 0 saturated heterocycles. The number of nitrogens with zero attached hydrogens (tertiary/aromatic N) is 1. The van der Waals surface area contributed by atoms with Crippen molar-refractivity contribution in [2.75, 3.05) is 0 Å². The number of hydrogen-bond donors (Lipinski definition) is 1. The minimum absolute atomic E-state index is 0. The zero-order valence-electron chi connectivity index (χ0n) is 4.10. The molecule has 0 rings (SSSR count). The molecule has 0 spiro atoms. The summed E-state index contributed by atoms with van der Waals surface area (Å²) in [6.07, 6.45) is 0.750. The smallest absolute Gasteiger partial charge is 1.00 e. The zero-order valence-corrected chi connectivity index (χ0v) is 2.10. The SMILES string of the molecule is N#CO.[Be+2].[H-].[H-]. The van der Waals surface area contributed by atoms with Crippen LogP contribution in [-0.4, -0.2) is 15.2 Å². The summed E-state index contributed by atoms with van der Waals surface area (Å²) < 4.78 is 0. The van der Waals surface area contributed by atoms with E-state index >= 15 is 0 Å². The van der Waals surface area contributed by atoms with Gasteiger partial charge in [-0.05, 0) is 0 Å². The molecule has 0 aliphatic carbocycles. The minimum Gasteiger partial charge on any atom is -1.00 e. The molecule has 0 aromatic heterocycles. The number of rotatable bonds is 0. The summed E-state index contributed by atoms with van der Waals surface area (Å²) in [5.41, 5.74) is 0. The maximum absolute atomic E-state index is 6.88. The monoisotopic (exact) mass is 54.0 g/mol. The van der Waals surface area contributed by atoms with E-state index in [1.54, 1.807) is 0 Å². The maximum atomic E-state index is 6.88. The third-order valence-corrected chi connectivity index (χ3v) is 0. The van der Waals surface area contributed by atoms with Gasteiger partial charge in [0, 0.05) is 0 Å². The molecule has 3 heteroatoms. The van der Waals surface area contributed by atoms with E-state index in [1.807, 2.05) is 0 Å². The first kappa shape index (κ1) is 9.83. The first-order valence-electron chi connectivity index (χ1n) is 0.447. The quantitative estimate of drug-likeness (QED) is 0.304. The number of aliphatic hydroxyl groups is 1. The normalized spacial score (nSPS) is 1.75. The van der Waals surface area contributed by atoms with Crippen LogP contribution >= 0.6 is 0 Å². The van der Waals surface area contributed by atoms with Gasteiger partial charge in [-0.1, -0.05) is 0 Å². The zero-order chi connectivity index (χ0) is 2.71. The fourth-order valence-corrected chi connectivity index (χ4v) is 0. The molecule has 0 bridgehead atoms. The molecule has 2 nitrogen and oxygen atoms in total. The Morgan fingerprint density at radius 3 is 2.00 bits per heavy atom. The molecule has 0 radical (unpaired) electrons. The van der Waals surface area contributed by atoms with Gasteiger partial charge in [0.1, 0.15) is 0 Å². The summed E-state index contributed by atoms with van der Waals surface area (Å²) >= 11 is 0. The predicted molar refractivity (Wildman–Crippen MR) is 15.5 cm³/mol. The second-order valence-electron chi connectivity index (χ2n) is 0.100. The van der Waals surface area contributed by atoms with Crippen molar-refractivity contribution in [1.82, 2.24) is 0 Å².